The Morgan fingerprint density at radius 1 is 1.39 bits per heavy atom. The SMILES string of the molecule is Cc1cc(C(F)(F)Cl)n2nc(C(=O)Nc3sc4c(c3C#N)CCCC4)cc2n1. The molecule has 0 unspecified atom stereocenters. The molecule has 6 nitrogen and oxygen atoms in total. The van der Waals surface area contributed by atoms with Gasteiger partial charge in [0.15, 0.2) is 11.3 Å². The van der Waals surface area contributed by atoms with Crippen LogP contribution in [0.3, 0.4) is 0 Å². The molecular formula is C18H14ClF2N5OS. The van der Waals surface area contributed by atoms with Crippen molar-refractivity contribution in [2.75, 3.05) is 5.32 Å². The largest absolute Gasteiger partial charge is 0.364 e. The summed E-state index contributed by atoms with van der Waals surface area (Å²) in [6, 6.07) is 4.60. The van der Waals surface area contributed by atoms with Gasteiger partial charge in [-0.25, -0.2) is 9.50 Å². The third kappa shape index (κ3) is 3.23. The fourth-order valence-corrected chi connectivity index (χ4v) is 4.72. The van der Waals surface area contributed by atoms with E-state index < -0.39 is 17.0 Å². The van der Waals surface area contributed by atoms with E-state index in [2.05, 4.69) is 21.5 Å². The van der Waals surface area contributed by atoms with Gasteiger partial charge in [-0.05, 0) is 55.8 Å². The van der Waals surface area contributed by atoms with Crippen LogP contribution < -0.4 is 5.32 Å². The highest BCUT2D eigenvalue weighted by Gasteiger charge is 2.33. The van der Waals surface area contributed by atoms with Gasteiger partial charge < -0.3 is 5.32 Å². The van der Waals surface area contributed by atoms with Crippen LogP contribution in [0.25, 0.3) is 5.65 Å². The van der Waals surface area contributed by atoms with Gasteiger partial charge in [-0.3, -0.25) is 4.79 Å². The molecule has 10 heteroatoms. The van der Waals surface area contributed by atoms with E-state index in [0.717, 1.165) is 46.7 Å². The van der Waals surface area contributed by atoms with Crippen LogP contribution in [-0.4, -0.2) is 20.5 Å². The summed E-state index contributed by atoms with van der Waals surface area (Å²) in [4.78, 5) is 17.9. The number of anilines is 1. The van der Waals surface area contributed by atoms with Crippen molar-refractivity contribution in [2.24, 2.45) is 0 Å². The van der Waals surface area contributed by atoms with Crippen molar-refractivity contribution in [1.29, 1.82) is 5.26 Å². The van der Waals surface area contributed by atoms with Crippen LogP contribution >= 0.6 is 22.9 Å². The van der Waals surface area contributed by atoms with Gasteiger partial charge in [0, 0.05) is 16.6 Å². The number of alkyl halides is 3. The van der Waals surface area contributed by atoms with Gasteiger partial charge >= 0.3 is 5.38 Å². The zero-order valence-corrected chi connectivity index (χ0v) is 16.3. The second-order valence-electron chi connectivity index (χ2n) is 6.56. The Morgan fingerprint density at radius 3 is 2.86 bits per heavy atom. The summed E-state index contributed by atoms with van der Waals surface area (Å²) in [6.45, 7) is 1.55. The number of amides is 1. The third-order valence-electron chi connectivity index (χ3n) is 4.59. The molecule has 3 aromatic rings. The first-order valence-corrected chi connectivity index (χ1v) is 9.78. The summed E-state index contributed by atoms with van der Waals surface area (Å²) in [5.74, 6) is -0.595. The van der Waals surface area contributed by atoms with Gasteiger partial charge in [0.25, 0.3) is 5.91 Å². The molecule has 0 saturated carbocycles. The number of hydrogen-bond acceptors (Lipinski definition) is 5. The second-order valence-corrected chi connectivity index (χ2v) is 8.14. The molecule has 1 aliphatic carbocycles. The Labute approximate surface area is 167 Å². The van der Waals surface area contributed by atoms with E-state index in [4.69, 9.17) is 11.6 Å². The molecule has 0 aromatic carbocycles. The fraction of sp³-hybridized carbons (Fsp3) is 0.333. The van der Waals surface area contributed by atoms with E-state index in [1.165, 1.54) is 17.4 Å². The first kappa shape index (κ1) is 18.8. The van der Waals surface area contributed by atoms with Crippen molar-refractivity contribution in [1.82, 2.24) is 14.6 Å². The molecule has 4 rings (SSSR count). The summed E-state index contributed by atoms with van der Waals surface area (Å²) in [6.07, 6.45) is 3.77. The summed E-state index contributed by atoms with van der Waals surface area (Å²) in [5.41, 5.74) is 1.22. The highest BCUT2D eigenvalue weighted by Crippen LogP contribution is 2.38. The van der Waals surface area contributed by atoms with Crippen molar-refractivity contribution in [3.05, 3.63) is 45.2 Å². The minimum absolute atomic E-state index is 0.0875. The average molecular weight is 422 g/mol. The summed E-state index contributed by atoms with van der Waals surface area (Å²) in [7, 11) is 0. The Kier molecular flexibility index (Phi) is 4.56. The molecular weight excluding hydrogens is 408 g/mol. The lowest BCUT2D eigenvalue weighted by Gasteiger charge is -2.10. The molecule has 0 atom stereocenters. The molecule has 144 valence electrons. The van der Waals surface area contributed by atoms with Gasteiger partial charge in [-0.2, -0.15) is 19.1 Å². The second kappa shape index (κ2) is 6.79. The summed E-state index contributed by atoms with van der Waals surface area (Å²) < 4.78 is 28.2. The highest BCUT2D eigenvalue weighted by atomic mass is 35.5. The molecule has 0 aliphatic heterocycles. The molecule has 28 heavy (non-hydrogen) atoms. The smallest absolute Gasteiger partial charge is 0.311 e. The van der Waals surface area contributed by atoms with Crippen LogP contribution in [0.1, 0.15) is 50.7 Å². The summed E-state index contributed by atoms with van der Waals surface area (Å²) >= 11 is 6.55. The van der Waals surface area contributed by atoms with E-state index in [0.29, 0.717) is 16.3 Å². The van der Waals surface area contributed by atoms with Gasteiger partial charge in [-0.1, -0.05) is 0 Å². The number of halogens is 3. The van der Waals surface area contributed by atoms with Crippen LogP contribution in [-0.2, 0) is 18.2 Å². The number of fused-ring (bicyclic) bond motifs is 2. The molecule has 0 saturated heterocycles. The Hall–Kier alpha value is -2.57. The molecule has 0 fully saturated rings. The normalized spacial score (nSPS) is 14.0. The lowest BCUT2D eigenvalue weighted by molar-refractivity contribution is 0.0868. The molecule has 0 radical (unpaired) electrons. The average Bonchev–Trinajstić information content (AvgIpc) is 3.20. The van der Waals surface area contributed by atoms with Crippen molar-refractivity contribution in [3.63, 3.8) is 0 Å². The molecule has 0 spiro atoms. The third-order valence-corrected chi connectivity index (χ3v) is 5.99. The van der Waals surface area contributed by atoms with E-state index in [1.807, 2.05) is 0 Å². The van der Waals surface area contributed by atoms with Crippen LogP contribution in [0.5, 0.6) is 0 Å². The lowest BCUT2D eigenvalue weighted by Crippen LogP contribution is -2.15. The number of carbonyl (C=O) groups excluding carboxylic acids is 1. The van der Waals surface area contributed by atoms with E-state index in [9.17, 15) is 18.8 Å². The van der Waals surface area contributed by atoms with Crippen LogP contribution in [0.4, 0.5) is 13.8 Å². The zero-order valence-electron chi connectivity index (χ0n) is 14.7. The number of nitrogens with one attached hydrogen (secondary N) is 1. The van der Waals surface area contributed by atoms with Gasteiger partial charge in [0.1, 0.15) is 16.8 Å². The van der Waals surface area contributed by atoms with Gasteiger partial charge in [0.2, 0.25) is 0 Å². The fourth-order valence-electron chi connectivity index (χ4n) is 3.35. The predicted octanol–water partition coefficient (Wildman–Crippen LogP) is 4.39. The van der Waals surface area contributed by atoms with Crippen molar-refractivity contribution < 1.29 is 13.6 Å². The molecule has 1 aliphatic rings. The maximum atomic E-state index is 13.7. The van der Waals surface area contributed by atoms with Crippen LogP contribution in [0.15, 0.2) is 12.1 Å². The number of thiophene rings is 1. The van der Waals surface area contributed by atoms with E-state index in [1.54, 1.807) is 6.92 Å². The van der Waals surface area contributed by atoms with Crippen molar-refractivity contribution >= 4 is 39.5 Å². The number of nitrogens with zero attached hydrogens (tertiary/aromatic N) is 4. The lowest BCUT2D eigenvalue weighted by atomic mass is 9.96. The highest BCUT2D eigenvalue weighted by molar-refractivity contribution is 7.16. The predicted molar refractivity (Wildman–Crippen MR) is 101 cm³/mol. The van der Waals surface area contributed by atoms with Crippen LogP contribution in [0, 0.1) is 18.3 Å². The Bertz CT molecular complexity index is 1140. The molecule has 1 amide bonds. The minimum Gasteiger partial charge on any atom is -0.311 e. The Balaban J connectivity index is 1.71. The molecule has 3 heterocycles. The maximum absolute atomic E-state index is 13.7. The molecule has 3 aromatic heterocycles. The van der Waals surface area contributed by atoms with Crippen molar-refractivity contribution in [2.45, 2.75) is 38.0 Å². The molecule has 1 N–H and O–H groups in total. The van der Waals surface area contributed by atoms with E-state index >= 15 is 0 Å². The minimum atomic E-state index is -3.66. The first-order valence-electron chi connectivity index (χ1n) is 8.58. The van der Waals surface area contributed by atoms with Crippen molar-refractivity contribution in [3.8, 4) is 6.07 Å². The monoisotopic (exact) mass is 421 g/mol. The van der Waals surface area contributed by atoms with E-state index in [-0.39, 0.29) is 11.3 Å². The van der Waals surface area contributed by atoms with Crippen LogP contribution in [0.2, 0.25) is 0 Å². The number of rotatable bonds is 3. The number of aromatic nitrogens is 3. The topological polar surface area (TPSA) is 83.1 Å². The van der Waals surface area contributed by atoms with Gasteiger partial charge in [-0.15, -0.1) is 11.3 Å². The maximum Gasteiger partial charge on any atom is 0.364 e. The standard InChI is InChI=1S/C18H14ClF2N5OS/c1-9-6-14(18(19,20)21)26-15(23-9)7-12(25-26)16(27)24-17-11(8-22)10-4-2-3-5-13(10)28-17/h6-7H,2-5H2,1H3,(H,24,27). The van der Waals surface area contributed by atoms with Gasteiger partial charge in [0.05, 0.1) is 5.56 Å². The number of carbonyl (C=O) groups is 1. The Morgan fingerprint density at radius 2 is 2.14 bits per heavy atom. The number of aryl methyl sites for hydroxylation is 2. The summed E-state index contributed by atoms with van der Waals surface area (Å²) in [5, 5.41) is 13.0. The quantitative estimate of drug-likeness (QED) is 0.636. The number of hydrogen-bond donors (Lipinski definition) is 1. The zero-order chi connectivity index (χ0) is 20.1. The first-order chi connectivity index (χ1) is 13.3. The number of nitriles is 1. The molecule has 0 bridgehead atoms.